The van der Waals surface area contributed by atoms with Crippen molar-refractivity contribution in [3.8, 4) is 0 Å². The largest absolute Gasteiger partial charge is 0.408 e. The monoisotopic (exact) mass is 196 g/mol. The molecule has 1 aromatic heterocycles. The molecule has 0 saturated heterocycles. The van der Waals surface area contributed by atoms with E-state index in [1.54, 1.807) is 0 Å². The van der Waals surface area contributed by atoms with Crippen molar-refractivity contribution < 1.29 is 4.42 Å². The fourth-order valence-corrected chi connectivity index (χ4v) is 1.23. The van der Waals surface area contributed by atoms with Gasteiger partial charge in [0.05, 0.1) is 0 Å². The summed E-state index contributed by atoms with van der Waals surface area (Å²) in [4.78, 5) is 0. The van der Waals surface area contributed by atoms with Gasteiger partial charge in [-0.1, -0.05) is 12.0 Å². The van der Waals surface area contributed by atoms with Crippen molar-refractivity contribution in [2.45, 2.75) is 26.2 Å². The first-order chi connectivity index (χ1) is 6.72. The minimum atomic E-state index is 0.447. The van der Waals surface area contributed by atoms with E-state index in [-0.39, 0.29) is 0 Å². The lowest BCUT2D eigenvalue weighted by Gasteiger charge is -2.06. The molecule has 78 valence electrons. The summed E-state index contributed by atoms with van der Waals surface area (Å²) in [6.45, 7) is 3.70. The molecule has 1 saturated carbocycles. The second-order valence-corrected chi connectivity index (χ2v) is 4.20. The van der Waals surface area contributed by atoms with Crippen LogP contribution in [0.4, 0.5) is 6.01 Å². The second-order valence-electron chi connectivity index (χ2n) is 4.20. The highest BCUT2D eigenvalue weighted by molar-refractivity contribution is 5.19. The molecule has 0 bridgehead atoms. The first-order valence-corrected chi connectivity index (χ1v) is 4.98. The maximum absolute atomic E-state index is 5.37. The number of nitrogens with zero attached hydrogens (tertiary/aromatic N) is 2. The molecule has 0 atom stereocenters. The van der Waals surface area contributed by atoms with Crippen LogP contribution in [0.15, 0.2) is 4.42 Å². The smallest absolute Gasteiger partial charge is 0.315 e. The van der Waals surface area contributed by atoms with Crippen molar-refractivity contribution in [1.29, 1.82) is 0 Å². The van der Waals surface area contributed by atoms with E-state index in [0.717, 1.165) is 6.54 Å². The number of nitrogens with two attached hydrogens (primary N) is 1. The Labute approximate surface area is 83.1 Å². The zero-order valence-corrected chi connectivity index (χ0v) is 8.42. The first kappa shape index (κ1) is 9.45. The van der Waals surface area contributed by atoms with Gasteiger partial charge in [-0.3, -0.25) is 0 Å². The van der Waals surface area contributed by atoms with Gasteiger partial charge in [0.15, 0.2) is 0 Å². The molecule has 0 unspecified atom stereocenters. The zero-order valence-electron chi connectivity index (χ0n) is 8.42. The molecule has 0 spiro atoms. The molecule has 1 aromatic rings. The average molecular weight is 196 g/mol. The topological polar surface area (TPSA) is 77.0 Å². The van der Waals surface area contributed by atoms with Crippen LogP contribution in [0.2, 0.25) is 0 Å². The summed E-state index contributed by atoms with van der Waals surface area (Å²) < 4.78 is 5.33. The summed E-state index contributed by atoms with van der Waals surface area (Å²) in [6.07, 6.45) is 3.21. The Balaban J connectivity index is 1.83. The van der Waals surface area contributed by atoms with E-state index in [1.165, 1.54) is 12.8 Å². The second kappa shape index (κ2) is 3.57. The maximum atomic E-state index is 5.37. The summed E-state index contributed by atoms with van der Waals surface area (Å²) in [5.41, 5.74) is 5.82. The molecule has 1 heterocycles. The van der Waals surface area contributed by atoms with E-state index < -0.39 is 0 Å². The van der Waals surface area contributed by atoms with Gasteiger partial charge in [-0.15, -0.1) is 5.10 Å². The first-order valence-electron chi connectivity index (χ1n) is 4.98. The van der Waals surface area contributed by atoms with Crippen LogP contribution in [-0.2, 0) is 6.42 Å². The number of hydrogen-bond acceptors (Lipinski definition) is 5. The normalized spacial score (nSPS) is 18.1. The van der Waals surface area contributed by atoms with Gasteiger partial charge in [-0.25, -0.2) is 0 Å². The predicted octanol–water partition coefficient (Wildman–Crippen LogP) is 0.783. The third-order valence-electron chi connectivity index (χ3n) is 2.59. The van der Waals surface area contributed by atoms with Gasteiger partial charge in [-0.2, -0.15) is 0 Å². The van der Waals surface area contributed by atoms with Gasteiger partial charge in [0.25, 0.3) is 0 Å². The van der Waals surface area contributed by atoms with Crippen molar-refractivity contribution >= 4 is 6.01 Å². The molecular weight excluding hydrogens is 180 g/mol. The van der Waals surface area contributed by atoms with E-state index in [0.29, 0.717) is 30.3 Å². The Kier molecular flexibility index (Phi) is 2.41. The van der Waals surface area contributed by atoms with Crippen molar-refractivity contribution in [2.24, 2.45) is 11.1 Å². The zero-order chi connectivity index (χ0) is 10.0. The molecule has 1 aliphatic rings. The average Bonchev–Trinajstić information content (AvgIpc) is 2.74. The number of rotatable bonds is 5. The third-order valence-corrected chi connectivity index (χ3v) is 2.59. The van der Waals surface area contributed by atoms with Gasteiger partial charge in [0.1, 0.15) is 0 Å². The van der Waals surface area contributed by atoms with Crippen LogP contribution < -0.4 is 11.1 Å². The molecule has 3 N–H and O–H groups in total. The van der Waals surface area contributed by atoms with E-state index in [1.807, 2.05) is 0 Å². The number of hydrogen-bond donors (Lipinski definition) is 2. The molecular formula is C9H16N4O. The van der Waals surface area contributed by atoms with Gasteiger partial charge in [0, 0.05) is 19.5 Å². The van der Waals surface area contributed by atoms with Crippen molar-refractivity contribution in [3.05, 3.63) is 5.89 Å². The van der Waals surface area contributed by atoms with Gasteiger partial charge < -0.3 is 15.5 Å². The Hall–Kier alpha value is -1.10. The van der Waals surface area contributed by atoms with Crippen LogP contribution >= 0.6 is 0 Å². The molecule has 0 aliphatic heterocycles. The number of anilines is 1. The lowest BCUT2D eigenvalue weighted by Crippen LogP contribution is -2.11. The molecule has 5 nitrogen and oxygen atoms in total. The Morgan fingerprint density at radius 3 is 2.93 bits per heavy atom. The highest BCUT2D eigenvalue weighted by atomic mass is 16.4. The number of aromatic nitrogens is 2. The summed E-state index contributed by atoms with van der Waals surface area (Å²) in [5, 5.41) is 10.9. The molecule has 1 fully saturated rings. The quantitative estimate of drug-likeness (QED) is 0.727. The van der Waals surface area contributed by atoms with Crippen LogP contribution in [0, 0.1) is 5.41 Å². The minimum absolute atomic E-state index is 0.447. The summed E-state index contributed by atoms with van der Waals surface area (Å²) >= 11 is 0. The van der Waals surface area contributed by atoms with Gasteiger partial charge >= 0.3 is 6.01 Å². The fraction of sp³-hybridized carbons (Fsp3) is 0.778. The molecule has 2 rings (SSSR count). The third kappa shape index (κ3) is 2.23. The van der Waals surface area contributed by atoms with E-state index >= 15 is 0 Å². The molecule has 1 aliphatic carbocycles. The van der Waals surface area contributed by atoms with Crippen LogP contribution in [0.25, 0.3) is 0 Å². The Morgan fingerprint density at radius 1 is 1.50 bits per heavy atom. The van der Waals surface area contributed by atoms with Crippen LogP contribution in [0.3, 0.4) is 0 Å². The van der Waals surface area contributed by atoms with Crippen LogP contribution in [0.1, 0.15) is 25.7 Å². The van der Waals surface area contributed by atoms with Gasteiger partial charge in [-0.05, 0) is 18.3 Å². The summed E-state index contributed by atoms with van der Waals surface area (Å²) in [6, 6.07) is 0.515. The van der Waals surface area contributed by atoms with Crippen molar-refractivity contribution in [2.75, 3.05) is 18.4 Å². The maximum Gasteiger partial charge on any atom is 0.315 e. The molecule has 14 heavy (non-hydrogen) atoms. The van der Waals surface area contributed by atoms with Gasteiger partial charge in [0.2, 0.25) is 5.89 Å². The standard InChI is InChI=1S/C9H16N4O/c1-9(3-4-9)6-11-8-13-12-7(14-8)2-5-10/h2-6,10H2,1H3,(H,11,13). The minimum Gasteiger partial charge on any atom is -0.408 e. The van der Waals surface area contributed by atoms with Crippen LogP contribution in [-0.4, -0.2) is 23.3 Å². The highest BCUT2D eigenvalue weighted by Gasteiger charge is 2.37. The lowest BCUT2D eigenvalue weighted by atomic mass is 10.1. The highest BCUT2D eigenvalue weighted by Crippen LogP contribution is 2.44. The van der Waals surface area contributed by atoms with E-state index in [9.17, 15) is 0 Å². The van der Waals surface area contributed by atoms with Crippen molar-refractivity contribution in [1.82, 2.24) is 10.2 Å². The molecule has 5 heteroatoms. The SMILES string of the molecule is CC1(CNc2nnc(CCN)o2)CC1. The fourth-order valence-electron chi connectivity index (χ4n) is 1.23. The lowest BCUT2D eigenvalue weighted by molar-refractivity contribution is 0.497. The van der Waals surface area contributed by atoms with E-state index in [2.05, 4.69) is 22.4 Å². The molecule has 0 aromatic carbocycles. The van der Waals surface area contributed by atoms with E-state index in [4.69, 9.17) is 10.2 Å². The summed E-state index contributed by atoms with van der Waals surface area (Å²) in [7, 11) is 0. The number of nitrogens with one attached hydrogen (secondary N) is 1. The predicted molar refractivity (Wildman–Crippen MR) is 52.9 cm³/mol. The van der Waals surface area contributed by atoms with Crippen molar-refractivity contribution in [3.63, 3.8) is 0 Å². The summed E-state index contributed by atoms with van der Waals surface area (Å²) in [5.74, 6) is 0.607. The molecule has 0 radical (unpaired) electrons. The van der Waals surface area contributed by atoms with Crippen LogP contribution in [0.5, 0.6) is 0 Å². The Bertz CT molecular complexity index is 306. The Morgan fingerprint density at radius 2 is 2.29 bits per heavy atom. The molecule has 0 amide bonds.